The summed E-state index contributed by atoms with van der Waals surface area (Å²) in [5.74, 6) is -0.414. The number of allylic oxidation sites excluding steroid dienone is 1. The number of halogens is 1. The van der Waals surface area contributed by atoms with E-state index in [2.05, 4.69) is 0 Å². The van der Waals surface area contributed by atoms with E-state index in [-0.39, 0.29) is 0 Å². The molecule has 0 saturated carbocycles. The Morgan fingerprint density at radius 1 is 1.50 bits per heavy atom. The van der Waals surface area contributed by atoms with Crippen molar-refractivity contribution in [2.45, 2.75) is 6.92 Å². The van der Waals surface area contributed by atoms with Crippen LogP contribution in [0.2, 0.25) is 0 Å². The Hall–Kier alpha value is -0.830. The lowest BCUT2D eigenvalue weighted by Gasteiger charge is -2.06. The van der Waals surface area contributed by atoms with Crippen LogP contribution in [0.5, 0.6) is 0 Å². The number of nitrogens with zero attached hydrogens (tertiary/aromatic N) is 1. The van der Waals surface area contributed by atoms with Crippen LogP contribution in [0.1, 0.15) is 6.92 Å². The number of carbonyl (C=O) groups excluding carboxylic acids is 2. The highest BCUT2D eigenvalue weighted by molar-refractivity contribution is 6.64. The van der Waals surface area contributed by atoms with Crippen LogP contribution in [0.25, 0.3) is 0 Å². The van der Waals surface area contributed by atoms with Gasteiger partial charge < -0.3 is 0 Å². The summed E-state index contributed by atoms with van der Waals surface area (Å²) in [4.78, 5) is 21.8. The number of likely N-dealkylation sites (N-methyl/N-ethyl adjacent to an activating group) is 1. The zero-order valence-corrected chi connectivity index (χ0v) is 6.55. The van der Waals surface area contributed by atoms with Crippen LogP contribution in [0.15, 0.2) is 12.2 Å². The van der Waals surface area contributed by atoms with Gasteiger partial charge >= 0.3 is 5.37 Å². The Morgan fingerprint density at radius 2 is 2.00 bits per heavy atom. The standard InChI is InChI=1S/C6H8ClNO2/c1-3-4-5(9)8(2)6(7)10/h3-4H,1-2H3. The molecule has 0 aliphatic carbocycles. The van der Waals surface area contributed by atoms with Crippen molar-refractivity contribution in [1.82, 2.24) is 4.90 Å². The largest absolute Gasteiger partial charge is 0.323 e. The second-order valence-corrected chi connectivity index (χ2v) is 1.97. The number of carbonyl (C=O) groups is 2. The van der Waals surface area contributed by atoms with Gasteiger partial charge in [-0.25, -0.2) is 0 Å². The zero-order chi connectivity index (χ0) is 8.15. The Kier molecular flexibility index (Phi) is 3.72. The minimum absolute atomic E-state index is 0.414. The molecule has 0 fully saturated rings. The van der Waals surface area contributed by atoms with E-state index < -0.39 is 11.3 Å². The monoisotopic (exact) mass is 161 g/mol. The van der Waals surface area contributed by atoms with Gasteiger partial charge in [0.25, 0.3) is 5.91 Å². The SMILES string of the molecule is CC=CC(=O)N(C)C(=O)Cl. The molecule has 10 heavy (non-hydrogen) atoms. The molecule has 0 saturated heterocycles. The molecule has 0 aliphatic rings. The highest BCUT2D eigenvalue weighted by atomic mass is 35.5. The predicted octanol–water partition coefficient (Wildman–Crippen LogP) is 1.38. The lowest BCUT2D eigenvalue weighted by atomic mass is 10.5. The Morgan fingerprint density at radius 3 is 2.30 bits per heavy atom. The first-order valence-electron chi connectivity index (χ1n) is 2.69. The maximum Gasteiger partial charge on any atom is 0.323 e. The number of hydrogen-bond acceptors (Lipinski definition) is 2. The van der Waals surface area contributed by atoms with Crippen molar-refractivity contribution in [2.75, 3.05) is 7.05 Å². The summed E-state index contributed by atoms with van der Waals surface area (Å²) in [5.41, 5.74) is 0. The second-order valence-electron chi connectivity index (χ2n) is 1.65. The van der Waals surface area contributed by atoms with Crippen LogP contribution in [0.3, 0.4) is 0 Å². The average molecular weight is 162 g/mol. The average Bonchev–Trinajstić information content (AvgIpc) is 1.87. The first-order valence-corrected chi connectivity index (χ1v) is 3.07. The summed E-state index contributed by atoms with van der Waals surface area (Å²) in [6.45, 7) is 1.68. The highest BCUT2D eigenvalue weighted by Crippen LogP contribution is 1.93. The maximum absolute atomic E-state index is 10.7. The van der Waals surface area contributed by atoms with Gasteiger partial charge in [-0.15, -0.1) is 0 Å². The van der Waals surface area contributed by atoms with Gasteiger partial charge in [-0.05, 0) is 24.6 Å². The quantitative estimate of drug-likeness (QED) is 0.331. The van der Waals surface area contributed by atoms with E-state index in [1.54, 1.807) is 13.0 Å². The number of rotatable bonds is 1. The number of hydrogen-bond donors (Lipinski definition) is 0. The molecule has 0 aromatic carbocycles. The zero-order valence-electron chi connectivity index (χ0n) is 5.80. The Bertz CT molecular complexity index is 177. The topological polar surface area (TPSA) is 37.4 Å². The molecule has 0 heterocycles. The molecule has 0 atom stereocenters. The van der Waals surface area contributed by atoms with Crippen LogP contribution in [0, 0.1) is 0 Å². The molecule has 0 radical (unpaired) electrons. The summed E-state index contributed by atoms with van der Waals surface area (Å²) >= 11 is 4.99. The van der Waals surface area contributed by atoms with Crippen LogP contribution >= 0.6 is 11.6 Å². The fourth-order valence-electron chi connectivity index (χ4n) is 0.341. The molecule has 56 valence electrons. The molecule has 2 amide bonds. The smallest absolute Gasteiger partial charge is 0.269 e. The second kappa shape index (κ2) is 4.06. The van der Waals surface area contributed by atoms with Crippen molar-refractivity contribution < 1.29 is 9.59 Å². The first kappa shape index (κ1) is 9.17. The lowest BCUT2D eigenvalue weighted by molar-refractivity contribution is -0.121. The third-order valence-electron chi connectivity index (χ3n) is 0.904. The fraction of sp³-hybridized carbons (Fsp3) is 0.333. The van der Waals surface area contributed by atoms with E-state index in [0.29, 0.717) is 0 Å². The normalized spacial score (nSPS) is 9.90. The molecule has 0 N–H and O–H groups in total. The third-order valence-corrected chi connectivity index (χ3v) is 1.16. The van der Waals surface area contributed by atoms with Gasteiger partial charge in [-0.3, -0.25) is 14.5 Å². The Balaban J connectivity index is 4.08. The van der Waals surface area contributed by atoms with Crippen LogP contribution in [-0.2, 0) is 4.79 Å². The summed E-state index contributed by atoms with van der Waals surface area (Å²) in [6.07, 6.45) is 2.80. The van der Waals surface area contributed by atoms with Crippen LogP contribution < -0.4 is 0 Å². The first-order chi connectivity index (χ1) is 4.59. The van der Waals surface area contributed by atoms with Gasteiger partial charge in [-0.2, -0.15) is 0 Å². The minimum Gasteiger partial charge on any atom is -0.269 e. The predicted molar refractivity (Wildman–Crippen MR) is 38.8 cm³/mol. The van der Waals surface area contributed by atoms with E-state index in [9.17, 15) is 9.59 Å². The summed E-state index contributed by atoms with van der Waals surface area (Å²) < 4.78 is 0. The van der Waals surface area contributed by atoms with E-state index in [0.717, 1.165) is 4.90 Å². The molecule has 0 spiro atoms. The molecule has 3 nitrogen and oxygen atoms in total. The summed E-state index contributed by atoms with van der Waals surface area (Å²) in [7, 11) is 1.32. The Labute approximate surface area is 64.3 Å². The molecule has 0 aliphatic heterocycles. The minimum atomic E-state index is -0.775. The van der Waals surface area contributed by atoms with Crippen molar-refractivity contribution in [3.05, 3.63) is 12.2 Å². The van der Waals surface area contributed by atoms with E-state index in [1.807, 2.05) is 0 Å². The molecule has 0 aromatic rings. The van der Waals surface area contributed by atoms with E-state index in [4.69, 9.17) is 11.6 Å². The van der Waals surface area contributed by atoms with Gasteiger partial charge in [0.1, 0.15) is 0 Å². The molecule has 4 heteroatoms. The van der Waals surface area contributed by atoms with Gasteiger partial charge in [0.05, 0.1) is 0 Å². The molecule has 0 aromatic heterocycles. The number of amides is 2. The van der Waals surface area contributed by atoms with Crippen molar-refractivity contribution in [3.63, 3.8) is 0 Å². The van der Waals surface area contributed by atoms with Crippen LogP contribution in [0.4, 0.5) is 4.79 Å². The highest BCUT2D eigenvalue weighted by Gasteiger charge is 2.09. The van der Waals surface area contributed by atoms with Gasteiger partial charge in [0.15, 0.2) is 0 Å². The van der Waals surface area contributed by atoms with Crippen LogP contribution in [-0.4, -0.2) is 23.2 Å². The van der Waals surface area contributed by atoms with Crippen molar-refractivity contribution in [2.24, 2.45) is 0 Å². The molecule has 0 bridgehead atoms. The van der Waals surface area contributed by atoms with Crippen molar-refractivity contribution in [1.29, 1.82) is 0 Å². The fourth-order valence-corrected chi connectivity index (χ4v) is 0.424. The molecular weight excluding hydrogens is 154 g/mol. The van der Waals surface area contributed by atoms with Gasteiger partial charge in [0.2, 0.25) is 0 Å². The molecule has 0 rings (SSSR count). The third kappa shape index (κ3) is 2.64. The lowest BCUT2D eigenvalue weighted by Crippen LogP contribution is -2.26. The van der Waals surface area contributed by atoms with Gasteiger partial charge in [-0.1, -0.05) is 6.08 Å². The molecular formula is C6H8ClNO2. The summed E-state index contributed by atoms with van der Waals surface area (Å²) in [6, 6.07) is 0. The van der Waals surface area contributed by atoms with E-state index >= 15 is 0 Å². The van der Waals surface area contributed by atoms with Gasteiger partial charge in [0, 0.05) is 7.05 Å². The van der Waals surface area contributed by atoms with Crippen molar-refractivity contribution in [3.8, 4) is 0 Å². The van der Waals surface area contributed by atoms with E-state index in [1.165, 1.54) is 13.1 Å². The van der Waals surface area contributed by atoms with Crippen molar-refractivity contribution >= 4 is 22.9 Å². The maximum atomic E-state index is 10.7. The summed E-state index contributed by atoms with van der Waals surface area (Å²) in [5, 5.41) is -0.775. The molecule has 0 unspecified atom stereocenters. The number of imide groups is 1.